The first kappa shape index (κ1) is 15.1. The molecule has 0 spiro atoms. The zero-order chi connectivity index (χ0) is 14.3. The van der Waals surface area contributed by atoms with Crippen LogP contribution in [0.3, 0.4) is 0 Å². The summed E-state index contributed by atoms with van der Waals surface area (Å²) in [5.41, 5.74) is 6.24. The lowest BCUT2D eigenvalue weighted by atomic mass is 10.1. The van der Waals surface area contributed by atoms with Gasteiger partial charge in [0.15, 0.2) is 6.61 Å². The van der Waals surface area contributed by atoms with Crippen molar-refractivity contribution in [2.75, 3.05) is 26.0 Å². The topological polar surface area (TPSA) is 73.6 Å². The largest absolute Gasteiger partial charge is 0.497 e. The molecule has 0 unspecified atom stereocenters. The molecule has 1 rings (SSSR count). The van der Waals surface area contributed by atoms with Crippen LogP contribution < -0.4 is 20.5 Å². The number of carbonyl (C=O) groups is 1. The molecule has 1 amide bonds. The highest BCUT2D eigenvalue weighted by molar-refractivity contribution is 5.77. The van der Waals surface area contributed by atoms with Crippen molar-refractivity contribution in [1.82, 2.24) is 5.32 Å². The van der Waals surface area contributed by atoms with Crippen LogP contribution in [0.4, 0.5) is 5.69 Å². The standard InChI is InChI=1S/C14H22N2O3/c1-10(2)6-7-16-14(17)9-19-13-8-11(18-3)4-5-12(13)15/h4-5,8,10H,6-7,9,15H2,1-3H3,(H,16,17). The van der Waals surface area contributed by atoms with Gasteiger partial charge in [-0.15, -0.1) is 0 Å². The van der Waals surface area contributed by atoms with Crippen molar-refractivity contribution in [2.45, 2.75) is 20.3 Å². The Kier molecular flexibility index (Phi) is 5.99. The van der Waals surface area contributed by atoms with Gasteiger partial charge in [0, 0.05) is 12.6 Å². The molecule has 1 aromatic carbocycles. The fraction of sp³-hybridized carbons (Fsp3) is 0.500. The van der Waals surface area contributed by atoms with E-state index in [-0.39, 0.29) is 12.5 Å². The quantitative estimate of drug-likeness (QED) is 0.738. The average molecular weight is 266 g/mol. The number of hydrogen-bond acceptors (Lipinski definition) is 4. The van der Waals surface area contributed by atoms with Crippen LogP contribution in [0.15, 0.2) is 18.2 Å². The fourth-order valence-electron chi connectivity index (χ4n) is 1.46. The van der Waals surface area contributed by atoms with Crippen LogP contribution in [0.5, 0.6) is 11.5 Å². The van der Waals surface area contributed by atoms with Gasteiger partial charge >= 0.3 is 0 Å². The second-order valence-corrected chi connectivity index (χ2v) is 4.72. The Morgan fingerprint density at radius 1 is 1.42 bits per heavy atom. The lowest BCUT2D eigenvalue weighted by Gasteiger charge is -2.11. The van der Waals surface area contributed by atoms with Crippen molar-refractivity contribution in [3.63, 3.8) is 0 Å². The van der Waals surface area contributed by atoms with Gasteiger partial charge in [0.2, 0.25) is 0 Å². The maximum atomic E-state index is 11.6. The first-order valence-electron chi connectivity index (χ1n) is 6.36. The summed E-state index contributed by atoms with van der Waals surface area (Å²) in [6.45, 7) is 4.84. The third-order valence-electron chi connectivity index (χ3n) is 2.62. The monoisotopic (exact) mass is 266 g/mol. The summed E-state index contributed by atoms with van der Waals surface area (Å²) in [7, 11) is 1.56. The van der Waals surface area contributed by atoms with E-state index in [2.05, 4.69) is 19.2 Å². The molecule has 0 aliphatic heterocycles. The van der Waals surface area contributed by atoms with Gasteiger partial charge in [0.1, 0.15) is 11.5 Å². The average Bonchev–Trinajstić information content (AvgIpc) is 2.37. The molecular weight excluding hydrogens is 244 g/mol. The zero-order valence-electron chi connectivity index (χ0n) is 11.7. The summed E-state index contributed by atoms with van der Waals surface area (Å²) < 4.78 is 10.5. The third kappa shape index (κ3) is 5.50. The van der Waals surface area contributed by atoms with E-state index in [0.717, 1.165) is 6.42 Å². The second kappa shape index (κ2) is 7.51. The van der Waals surface area contributed by atoms with Crippen LogP contribution in [0, 0.1) is 5.92 Å². The number of methoxy groups -OCH3 is 1. The van der Waals surface area contributed by atoms with Crippen molar-refractivity contribution < 1.29 is 14.3 Å². The Morgan fingerprint density at radius 3 is 2.79 bits per heavy atom. The minimum absolute atomic E-state index is 0.0462. The van der Waals surface area contributed by atoms with Crippen molar-refractivity contribution in [3.05, 3.63) is 18.2 Å². The molecule has 0 radical (unpaired) electrons. The van der Waals surface area contributed by atoms with Crippen LogP contribution in [0.2, 0.25) is 0 Å². The van der Waals surface area contributed by atoms with Crippen molar-refractivity contribution in [1.29, 1.82) is 0 Å². The summed E-state index contributed by atoms with van der Waals surface area (Å²) in [6.07, 6.45) is 0.951. The summed E-state index contributed by atoms with van der Waals surface area (Å²) in [6, 6.07) is 5.09. The number of ether oxygens (including phenoxy) is 2. The van der Waals surface area contributed by atoms with E-state index in [4.69, 9.17) is 15.2 Å². The van der Waals surface area contributed by atoms with Crippen LogP contribution in [0.1, 0.15) is 20.3 Å². The Bertz CT molecular complexity index is 419. The molecule has 0 saturated heterocycles. The second-order valence-electron chi connectivity index (χ2n) is 4.72. The first-order valence-corrected chi connectivity index (χ1v) is 6.36. The Hall–Kier alpha value is -1.91. The Labute approximate surface area is 114 Å². The van der Waals surface area contributed by atoms with Gasteiger partial charge in [0.05, 0.1) is 12.8 Å². The molecule has 0 aliphatic carbocycles. The summed E-state index contributed by atoms with van der Waals surface area (Å²) in [5, 5.41) is 2.80. The van der Waals surface area contributed by atoms with Crippen LogP contribution in [0.25, 0.3) is 0 Å². The van der Waals surface area contributed by atoms with Crippen LogP contribution in [-0.2, 0) is 4.79 Å². The molecule has 5 heteroatoms. The number of hydrogen-bond donors (Lipinski definition) is 2. The van der Waals surface area contributed by atoms with Gasteiger partial charge in [-0.25, -0.2) is 0 Å². The maximum absolute atomic E-state index is 11.6. The molecule has 0 aromatic heterocycles. The van der Waals surface area contributed by atoms with E-state index >= 15 is 0 Å². The number of rotatable bonds is 7. The highest BCUT2D eigenvalue weighted by atomic mass is 16.5. The van der Waals surface area contributed by atoms with E-state index < -0.39 is 0 Å². The van der Waals surface area contributed by atoms with Gasteiger partial charge in [-0.2, -0.15) is 0 Å². The van der Waals surface area contributed by atoms with E-state index in [1.165, 1.54) is 0 Å². The normalized spacial score (nSPS) is 10.3. The molecule has 0 atom stereocenters. The number of carbonyl (C=O) groups excluding carboxylic acids is 1. The van der Waals surface area contributed by atoms with E-state index in [1.54, 1.807) is 25.3 Å². The summed E-state index contributed by atoms with van der Waals surface area (Å²) in [5.74, 6) is 1.51. The van der Waals surface area contributed by atoms with E-state index in [9.17, 15) is 4.79 Å². The minimum atomic E-state index is -0.150. The van der Waals surface area contributed by atoms with Crippen molar-refractivity contribution in [3.8, 4) is 11.5 Å². The van der Waals surface area contributed by atoms with Crippen LogP contribution >= 0.6 is 0 Å². The van der Waals surface area contributed by atoms with E-state index in [0.29, 0.717) is 29.6 Å². The maximum Gasteiger partial charge on any atom is 0.257 e. The number of anilines is 1. The predicted molar refractivity (Wildman–Crippen MR) is 75.4 cm³/mol. The Balaban J connectivity index is 2.41. The molecule has 1 aromatic rings. The Morgan fingerprint density at radius 2 is 2.16 bits per heavy atom. The number of amides is 1. The highest BCUT2D eigenvalue weighted by Crippen LogP contribution is 2.26. The molecule has 106 valence electrons. The fourth-order valence-corrected chi connectivity index (χ4v) is 1.46. The highest BCUT2D eigenvalue weighted by Gasteiger charge is 2.06. The molecule has 5 nitrogen and oxygen atoms in total. The summed E-state index contributed by atoms with van der Waals surface area (Å²) in [4.78, 5) is 11.6. The molecule has 19 heavy (non-hydrogen) atoms. The lowest BCUT2D eigenvalue weighted by molar-refractivity contribution is -0.123. The minimum Gasteiger partial charge on any atom is -0.497 e. The molecule has 0 aliphatic rings. The smallest absolute Gasteiger partial charge is 0.257 e. The number of nitrogens with two attached hydrogens (primary N) is 1. The molecule has 0 saturated carbocycles. The first-order chi connectivity index (χ1) is 9.02. The van der Waals surface area contributed by atoms with Gasteiger partial charge < -0.3 is 20.5 Å². The van der Waals surface area contributed by atoms with Crippen molar-refractivity contribution >= 4 is 11.6 Å². The summed E-state index contributed by atoms with van der Waals surface area (Å²) >= 11 is 0. The molecule has 0 bridgehead atoms. The molecule has 3 N–H and O–H groups in total. The SMILES string of the molecule is COc1ccc(N)c(OCC(=O)NCCC(C)C)c1. The number of nitrogen functional groups attached to an aromatic ring is 1. The zero-order valence-corrected chi connectivity index (χ0v) is 11.7. The van der Waals surface area contributed by atoms with Crippen molar-refractivity contribution in [2.24, 2.45) is 5.92 Å². The molecular formula is C14H22N2O3. The van der Waals surface area contributed by atoms with Gasteiger partial charge in [-0.3, -0.25) is 4.79 Å². The lowest BCUT2D eigenvalue weighted by Crippen LogP contribution is -2.30. The molecule has 0 heterocycles. The van der Waals surface area contributed by atoms with Gasteiger partial charge in [-0.05, 0) is 24.5 Å². The van der Waals surface area contributed by atoms with Crippen LogP contribution in [-0.4, -0.2) is 26.2 Å². The van der Waals surface area contributed by atoms with Gasteiger partial charge in [-0.1, -0.05) is 13.8 Å². The van der Waals surface area contributed by atoms with Gasteiger partial charge in [0.25, 0.3) is 5.91 Å². The van der Waals surface area contributed by atoms with E-state index in [1.807, 2.05) is 0 Å². The number of nitrogens with one attached hydrogen (secondary N) is 1. The number of benzene rings is 1. The molecule has 0 fully saturated rings. The third-order valence-corrected chi connectivity index (χ3v) is 2.62. The predicted octanol–water partition coefficient (Wildman–Crippen LogP) is 1.82.